The summed E-state index contributed by atoms with van der Waals surface area (Å²) in [6, 6.07) is 17.3. The van der Waals surface area contributed by atoms with Gasteiger partial charge in [0.15, 0.2) is 9.84 Å². The van der Waals surface area contributed by atoms with Crippen molar-refractivity contribution in [2.75, 3.05) is 43.9 Å². The summed E-state index contributed by atoms with van der Waals surface area (Å²) >= 11 is 0. The number of hydrogen-bond donors (Lipinski definition) is 0. The molecule has 0 bridgehead atoms. The van der Waals surface area contributed by atoms with Gasteiger partial charge in [-0.1, -0.05) is 36.4 Å². The molecule has 198 valence electrons. The second kappa shape index (κ2) is 10.7. The van der Waals surface area contributed by atoms with Crippen LogP contribution in [-0.4, -0.2) is 75.5 Å². The summed E-state index contributed by atoms with van der Waals surface area (Å²) in [5.41, 5.74) is 2.08. The first-order valence-electron chi connectivity index (χ1n) is 12.6. The number of piperazine rings is 1. The number of benzene rings is 2. The molecule has 4 rings (SSSR count). The van der Waals surface area contributed by atoms with E-state index in [2.05, 4.69) is 21.9 Å². The number of halogens is 3. The van der Waals surface area contributed by atoms with Crippen LogP contribution in [0.1, 0.15) is 38.3 Å². The maximum Gasteiger partial charge on any atom is 0.401 e. The van der Waals surface area contributed by atoms with Crippen LogP contribution in [0, 0.1) is 5.92 Å². The number of alkyl halides is 3. The predicted molar refractivity (Wildman–Crippen MR) is 137 cm³/mol. The SMILES string of the molecule is C[C@@H]1C[C@@H](CN2CCN(c3cccc(S(C)(=O)=O)c3)C[C@H]2c2ccccc2)C[C@H](C)N1CC(F)(F)F. The number of anilines is 1. The number of sulfone groups is 1. The number of hydrogen-bond acceptors (Lipinski definition) is 5. The van der Waals surface area contributed by atoms with E-state index < -0.39 is 22.6 Å². The molecule has 2 fully saturated rings. The van der Waals surface area contributed by atoms with Crippen LogP contribution in [0.3, 0.4) is 0 Å². The Bertz CT molecular complexity index is 1110. The van der Waals surface area contributed by atoms with E-state index in [1.54, 1.807) is 23.1 Å². The molecule has 2 aromatic rings. The molecule has 2 saturated heterocycles. The molecule has 2 aliphatic rings. The molecule has 0 unspecified atom stereocenters. The van der Waals surface area contributed by atoms with E-state index in [-0.39, 0.29) is 18.1 Å². The molecule has 0 saturated carbocycles. The van der Waals surface area contributed by atoms with E-state index in [1.165, 1.54) is 11.8 Å². The summed E-state index contributed by atoms with van der Waals surface area (Å²) in [6.45, 7) is 6.09. The molecular formula is C27H36F3N3O2S. The Hall–Kier alpha value is -2.10. The number of likely N-dealkylation sites (tertiary alicyclic amines) is 1. The van der Waals surface area contributed by atoms with Crippen LogP contribution in [0.4, 0.5) is 18.9 Å². The Labute approximate surface area is 212 Å². The first-order chi connectivity index (χ1) is 16.9. The number of rotatable bonds is 6. The minimum Gasteiger partial charge on any atom is -0.368 e. The lowest BCUT2D eigenvalue weighted by Crippen LogP contribution is -2.54. The lowest BCUT2D eigenvalue weighted by molar-refractivity contribution is -0.161. The molecule has 9 heteroatoms. The minimum absolute atomic E-state index is 0.112. The van der Waals surface area contributed by atoms with Gasteiger partial charge in [-0.2, -0.15) is 13.2 Å². The van der Waals surface area contributed by atoms with Crippen molar-refractivity contribution in [2.45, 2.75) is 55.9 Å². The van der Waals surface area contributed by atoms with E-state index in [0.29, 0.717) is 10.8 Å². The summed E-state index contributed by atoms with van der Waals surface area (Å²) in [5.74, 6) is 0.325. The molecule has 0 spiro atoms. The van der Waals surface area contributed by atoms with Crippen LogP contribution in [0.25, 0.3) is 0 Å². The van der Waals surface area contributed by atoms with Crippen LogP contribution < -0.4 is 4.90 Å². The van der Waals surface area contributed by atoms with E-state index in [0.717, 1.165) is 44.7 Å². The van der Waals surface area contributed by atoms with Crippen LogP contribution >= 0.6 is 0 Å². The molecule has 5 nitrogen and oxygen atoms in total. The highest BCUT2D eigenvalue weighted by Gasteiger charge is 2.40. The Kier molecular flexibility index (Phi) is 8.02. The van der Waals surface area contributed by atoms with Gasteiger partial charge in [0.25, 0.3) is 0 Å². The van der Waals surface area contributed by atoms with Crippen LogP contribution in [0.15, 0.2) is 59.5 Å². The topological polar surface area (TPSA) is 43.9 Å². The Balaban J connectivity index is 1.51. The lowest BCUT2D eigenvalue weighted by atomic mass is 9.86. The van der Waals surface area contributed by atoms with Crippen LogP contribution in [-0.2, 0) is 9.84 Å². The molecule has 0 radical (unpaired) electrons. The van der Waals surface area contributed by atoms with Crippen molar-refractivity contribution in [1.82, 2.24) is 9.80 Å². The van der Waals surface area contributed by atoms with Crippen LogP contribution in [0.5, 0.6) is 0 Å². The third-order valence-corrected chi connectivity index (χ3v) is 8.73. The van der Waals surface area contributed by atoms with Gasteiger partial charge < -0.3 is 4.90 Å². The van der Waals surface area contributed by atoms with Crippen molar-refractivity contribution in [3.8, 4) is 0 Å². The Morgan fingerprint density at radius 3 is 2.22 bits per heavy atom. The maximum absolute atomic E-state index is 13.1. The van der Waals surface area contributed by atoms with E-state index in [4.69, 9.17) is 0 Å². The molecule has 0 amide bonds. The standard InChI is InChI=1S/C27H36F3N3O2S/c1-20-14-22(15-21(2)33(20)19-27(28,29)30)17-32-13-12-31(18-26(32)23-8-5-4-6-9-23)24-10-7-11-25(16-24)36(3,34)35/h4-11,16,20-22,26H,12-15,17-19H2,1-3H3/t20-,21+,22-,26-/m0/s1. The molecule has 2 aliphatic heterocycles. The van der Waals surface area contributed by atoms with Crippen molar-refractivity contribution >= 4 is 15.5 Å². The first-order valence-corrected chi connectivity index (χ1v) is 14.5. The lowest BCUT2D eigenvalue weighted by Gasteiger charge is -2.47. The molecule has 0 N–H and O–H groups in total. The molecule has 4 atom stereocenters. The fourth-order valence-corrected chi connectivity index (χ4v) is 6.60. The van der Waals surface area contributed by atoms with Crippen molar-refractivity contribution in [3.63, 3.8) is 0 Å². The largest absolute Gasteiger partial charge is 0.401 e. The van der Waals surface area contributed by atoms with E-state index >= 15 is 0 Å². The van der Waals surface area contributed by atoms with E-state index in [1.807, 2.05) is 38.1 Å². The zero-order chi connectivity index (χ0) is 26.1. The molecule has 0 aliphatic carbocycles. The zero-order valence-electron chi connectivity index (χ0n) is 21.2. The van der Waals surface area contributed by atoms with Gasteiger partial charge in [0.2, 0.25) is 0 Å². The second-order valence-electron chi connectivity index (χ2n) is 10.5. The monoisotopic (exact) mass is 523 g/mol. The first kappa shape index (κ1) is 26.9. The average molecular weight is 524 g/mol. The van der Waals surface area contributed by atoms with Crippen molar-refractivity contribution < 1.29 is 21.6 Å². The third kappa shape index (κ3) is 6.61. The van der Waals surface area contributed by atoms with Gasteiger partial charge in [-0.15, -0.1) is 0 Å². The third-order valence-electron chi connectivity index (χ3n) is 7.62. The number of nitrogens with zero attached hydrogens (tertiary/aromatic N) is 3. The fraction of sp³-hybridized carbons (Fsp3) is 0.556. The summed E-state index contributed by atoms with van der Waals surface area (Å²) < 4.78 is 63.4. The van der Waals surface area contributed by atoms with Gasteiger partial charge >= 0.3 is 6.18 Å². The highest BCUT2D eigenvalue weighted by molar-refractivity contribution is 7.90. The molecule has 2 aromatic carbocycles. The predicted octanol–water partition coefficient (Wildman–Crippen LogP) is 5.00. The highest BCUT2D eigenvalue weighted by Crippen LogP contribution is 2.35. The van der Waals surface area contributed by atoms with Gasteiger partial charge in [-0.05, 0) is 56.4 Å². The van der Waals surface area contributed by atoms with Crippen molar-refractivity contribution in [2.24, 2.45) is 5.92 Å². The van der Waals surface area contributed by atoms with Crippen molar-refractivity contribution in [1.29, 1.82) is 0 Å². The average Bonchev–Trinajstić information content (AvgIpc) is 2.81. The maximum atomic E-state index is 13.1. The Morgan fingerprint density at radius 2 is 1.61 bits per heavy atom. The molecular weight excluding hydrogens is 487 g/mol. The van der Waals surface area contributed by atoms with Crippen molar-refractivity contribution in [3.05, 3.63) is 60.2 Å². The molecule has 0 aromatic heterocycles. The van der Waals surface area contributed by atoms with Gasteiger partial charge in [-0.25, -0.2) is 8.42 Å². The Morgan fingerprint density at radius 1 is 0.944 bits per heavy atom. The quantitative estimate of drug-likeness (QED) is 0.533. The highest BCUT2D eigenvalue weighted by atomic mass is 32.2. The summed E-state index contributed by atoms with van der Waals surface area (Å²) in [5, 5.41) is 0. The normalized spacial score (nSPS) is 26.8. The summed E-state index contributed by atoms with van der Waals surface area (Å²) in [7, 11) is -3.30. The van der Waals surface area contributed by atoms with Gasteiger partial charge in [0.05, 0.1) is 17.5 Å². The van der Waals surface area contributed by atoms with Gasteiger partial charge in [0.1, 0.15) is 0 Å². The molecule has 36 heavy (non-hydrogen) atoms. The fourth-order valence-electron chi connectivity index (χ4n) is 5.94. The second-order valence-corrected chi connectivity index (χ2v) is 12.5. The summed E-state index contributed by atoms with van der Waals surface area (Å²) in [4.78, 5) is 6.61. The molecule has 2 heterocycles. The van der Waals surface area contributed by atoms with E-state index in [9.17, 15) is 21.6 Å². The summed E-state index contributed by atoms with van der Waals surface area (Å²) in [6.07, 6.45) is -1.46. The zero-order valence-corrected chi connectivity index (χ0v) is 22.0. The minimum atomic E-state index is -4.18. The van der Waals surface area contributed by atoms with Crippen LogP contribution in [0.2, 0.25) is 0 Å². The smallest absolute Gasteiger partial charge is 0.368 e. The van der Waals surface area contributed by atoms with Gasteiger partial charge in [0, 0.05) is 50.2 Å². The number of piperidine rings is 1. The van der Waals surface area contributed by atoms with Gasteiger partial charge in [-0.3, -0.25) is 9.80 Å².